The molecule has 4 aromatic rings. The monoisotopic (exact) mass is 400 g/mol. The average molecular weight is 401 g/mol. The van der Waals surface area contributed by atoms with Crippen molar-refractivity contribution in [2.24, 2.45) is 0 Å². The fraction of sp³-hybridized carbons (Fsp3) is 0.118. The van der Waals surface area contributed by atoms with Gasteiger partial charge in [-0.3, -0.25) is 0 Å². The third kappa shape index (κ3) is 2.50. The van der Waals surface area contributed by atoms with Gasteiger partial charge in [0.25, 0.3) is 5.89 Å². The first kappa shape index (κ1) is 15.3. The Morgan fingerprint density at radius 1 is 1.12 bits per heavy atom. The van der Waals surface area contributed by atoms with Crippen LogP contribution >= 0.6 is 27.3 Å². The van der Waals surface area contributed by atoms with Crippen molar-refractivity contribution in [2.75, 3.05) is 5.73 Å². The number of thiophene rings is 1. The Morgan fingerprint density at radius 3 is 2.62 bits per heavy atom. The Bertz CT molecular complexity index is 1050. The molecule has 0 atom stereocenters. The first-order valence-corrected chi connectivity index (χ1v) is 8.90. The number of hydrogen-bond donors (Lipinski definition) is 1. The van der Waals surface area contributed by atoms with Gasteiger partial charge in [-0.1, -0.05) is 21.1 Å². The number of fused-ring (bicyclic) bond motifs is 1. The molecule has 0 saturated carbocycles. The minimum atomic E-state index is 0.422. The molecule has 1 aromatic carbocycles. The van der Waals surface area contributed by atoms with Gasteiger partial charge in [0, 0.05) is 21.1 Å². The van der Waals surface area contributed by atoms with Gasteiger partial charge in [0.1, 0.15) is 9.71 Å². The number of nitrogens with two attached hydrogens (primary N) is 1. The van der Waals surface area contributed by atoms with Crippen LogP contribution in [0.1, 0.15) is 11.3 Å². The molecule has 2 N–H and O–H groups in total. The molecule has 24 heavy (non-hydrogen) atoms. The van der Waals surface area contributed by atoms with Gasteiger partial charge in [-0.05, 0) is 49.7 Å². The van der Waals surface area contributed by atoms with Crippen LogP contribution in [0.5, 0.6) is 0 Å². The highest BCUT2D eigenvalue weighted by atomic mass is 79.9. The van der Waals surface area contributed by atoms with E-state index in [0.29, 0.717) is 17.4 Å². The smallest absolute Gasteiger partial charge is 0.270 e. The standard InChI is InChI=1S/C17H13BrN4OS/c1-8-7-9(2)20-17-12(8)13(19)14(24-17)16-21-15(22-23-16)10-3-5-11(18)6-4-10/h3-7H,19H2,1-2H3. The van der Waals surface area contributed by atoms with E-state index in [-0.39, 0.29) is 0 Å². The Labute approximate surface area is 150 Å². The van der Waals surface area contributed by atoms with Crippen LogP contribution in [0.15, 0.2) is 39.3 Å². The van der Waals surface area contributed by atoms with Gasteiger partial charge in [-0.25, -0.2) is 4.98 Å². The highest BCUT2D eigenvalue weighted by molar-refractivity contribution is 9.10. The summed E-state index contributed by atoms with van der Waals surface area (Å²) in [6.07, 6.45) is 0. The van der Waals surface area contributed by atoms with E-state index in [1.807, 2.05) is 44.2 Å². The van der Waals surface area contributed by atoms with Crippen molar-refractivity contribution in [2.45, 2.75) is 13.8 Å². The van der Waals surface area contributed by atoms with Crippen LogP contribution in [0.25, 0.3) is 32.4 Å². The zero-order valence-electron chi connectivity index (χ0n) is 13.0. The van der Waals surface area contributed by atoms with Crippen LogP contribution in [0.2, 0.25) is 0 Å². The summed E-state index contributed by atoms with van der Waals surface area (Å²) in [6.45, 7) is 4.01. The highest BCUT2D eigenvalue weighted by Gasteiger charge is 2.20. The molecule has 0 radical (unpaired) electrons. The predicted molar refractivity (Wildman–Crippen MR) is 99.9 cm³/mol. The molecule has 0 fully saturated rings. The van der Waals surface area contributed by atoms with Crippen LogP contribution in [-0.2, 0) is 0 Å². The Kier molecular flexibility index (Phi) is 3.62. The maximum atomic E-state index is 6.33. The first-order chi connectivity index (χ1) is 11.5. The van der Waals surface area contributed by atoms with Crippen molar-refractivity contribution in [1.82, 2.24) is 15.1 Å². The lowest BCUT2D eigenvalue weighted by atomic mass is 10.1. The lowest BCUT2D eigenvalue weighted by Gasteiger charge is -1.99. The SMILES string of the molecule is Cc1cc(C)c2c(N)c(-c3nc(-c4ccc(Br)cc4)no3)sc2n1. The molecule has 7 heteroatoms. The van der Waals surface area contributed by atoms with Gasteiger partial charge in [0.2, 0.25) is 5.82 Å². The van der Waals surface area contributed by atoms with Crippen LogP contribution in [0, 0.1) is 13.8 Å². The molecule has 0 saturated heterocycles. The zero-order chi connectivity index (χ0) is 16.8. The Hall–Kier alpha value is -2.25. The topological polar surface area (TPSA) is 77.8 Å². The van der Waals surface area contributed by atoms with Crippen molar-refractivity contribution in [3.05, 3.63) is 46.1 Å². The fourth-order valence-corrected chi connectivity index (χ4v) is 4.06. The second kappa shape index (κ2) is 5.68. The van der Waals surface area contributed by atoms with Crippen molar-refractivity contribution in [3.8, 4) is 22.2 Å². The summed E-state index contributed by atoms with van der Waals surface area (Å²) in [7, 11) is 0. The molecule has 4 rings (SSSR count). The molecular weight excluding hydrogens is 388 g/mol. The lowest BCUT2D eigenvalue weighted by Crippen LogP contribution is -1.89. The van der Waals surface area contributed by atoms with E-state index in [4.69, 9.17) is 10.3 Å². The van der Waals surface area contributed by atoms with Crippen molar-refractivity contribution < 1.29 is 4.52 Å². The zero-order valence-corrected chi connectivity index (χ0v) is 15.4. The molecule has 5 nitrogen and oxygen atoms in total. The van der Waals surface area contributed by atoms with Gasteiger partial charge in [-0.15, -0.1) is 11.3 Å². The number of anilines is 1. The van der Waals surface area contributed by atoms with Gasteiger partial charge in [0.05, 0.1) is 5.69 Å². The van der Waals surface area contributed by atoms with Crippen molar-refractivity contribution in [3.63, 3.8) is 0 Å². The van der Waals surface area contributed by atoms with Gasteiger partial charge in [-0.2, -0.15) is 4.98 Å². The predicted octanol–water partition coefficient (Wildman–Crippen LogP) is 4.97. The largest absolute Gasteiger partial charge is 0.397 e. The molecule has 120 valence electrons. The minimum Gasteiger partial charge on any atom is -0.397 e. The summed E-state index contributed by atoms with van der Waals surface area (Å²) in [5.41, 5.74) is 9.93. The van der Waals surface area contributed by atoms with Gasteiger partial charge >= 0.3 is 0 Å². The van der Waals surface area contributed by atoms with Crippen molar-refractivity contribution >= 4 is 43.2 Å². The summed E-state index contributed by atoms with van der Waals surface area (Å²) >= 11 is 4.89. The lowest BCUT2D eigenvalue weighted by molar-refractivity contribution is 0.433. The number of aromatic nitrogens is 3. The molecule has 3 heterocycles. The normalized spacial score (nSPS) is 11.3. The molecular formula is C17H13BrN4OS. The number of benzene rings is 1. The number of nitrogens with zero attached hydrogens (tertiary/aromatic N) is 3. The molecule has 0 aliphatic rings. The Balaban J connectivity index is 1.82. The first-order valence-electron chi connectivity index (χ1n) is 7.29. The molecule has 0 amide bonds. The van der Waals surface area contributed by atoms with E-state index in [2.05, 4.69) is 31.1 Å². The summed E-state index contributed by atoms with van der Waals surface area (Å²) < 4.78 is 6.45. The number of nitrogen functional groups attached to an aromatic ring is 1. The molecule has 0 aliphatic heterocycles. The fourth-order valence-electron chi connectivity index (χ4n) is 2.66. The molecule has 0 unspecified atom stereocenters. The van der Waals surface area contributed by atoms with Crippen LogP contribution in [0.3, 0.4) is 0 Å². The van der Waals surface area contributed by atoms with Crippen LogP contribution in [-0.4, -0.2) is 15.1 Å². The average Bonchev–Trinajstić information content (AvgIpc) is 3.13. The van der Waals surface area contributed by atoms with E-state index >= 15 is 0 Å². The maximum Gasteiger partial charge on any atom is 0.270 e. The number of aryl methyl sites for hydroxylation is 2. The van der Waals surface area contributed by atoms with Gasteiger partial charge < -0.3 is 10.3 Å². The van der Waals surface area contributed by atoms with Crippen LogP contribution in [0.4, 0.5) is 5.69 Å². The van der Waals surface area contributed by atoms with E-state index in [0.717, 1.165) is 36.4 Å². The number of halogens is 1. The van der Waals surface area contributed by atoms with E-state index in [9.17, 15) is 0 Å². The summed E-state index contributed by atoms with van der Waals surface area (Å²) in [6, 6.07) is 9.77. The summed E-state index contributed by atoms with van der Waals surface area (Å²) in [4.78, 5) is 10.7. The molecule has 0 aliphatic carbocycles. The third-order valence-corrected chi connectivity index (χ3v) is 5.36. The third-order valence-electron chi connectivity index (χ3n) is 3.75. The van der Waals surface area contributed by atoms with E-state index in [1.165, 1.54) is 11.3 Å². The Morgan fingerprint density at radius 2 is 1.88 bits per heavy atom. The highest BCUT2D eigenvalue weighted by Crippen LogP contribution is 2.41. The van der Waals surface area contributed by atoms with E-state index in [1.54, 1.807) is 0 Å². The van der Waals surface area contributed by atoms with Crippen LogP contribution < -0.4 is 5.73 Å². The quantitative estimate of drug-likeness (QED) is 0.513. The second-order valence-electron chi connectivity index (χ2n) is 5.54. The number of rotatable bonds is 2. The summed E-state index contributed by atoms with van der Waals surface area (Å²) in [5.74, 6) is 0.959. The number of hydrogen-bond acceptors (Lipinski definition) is 6. The molecule has 0 spiro atoms. The number of pyridine rings is 1. The molecule has 0 bridgehead atoms. The van der Waals surface area contributed by atoms with Gasteiger partial charge in [0.15, 0.2) is 0 Å². The minimum absolute atomic E-state index is 0.422. The summed E-state index contributed by atoms with van der Waals surface area (Å²) in [5, 5.41) is 5.04. The second-order valence-corrected chi connectivity index (χ2v) is 7.45. The van der Waals surface area contributed by atoms with E-state index < -0.39 is 0 Å². The van der Waals surface area contributed by atoms with Crippen molar-refractivity contribution in [1.29, 1.82) is 0 Å². The maximum absolute atomic E-state index is 6.33. The molecule has 3 aromatic heterocycles.